The maximum Gasteiger partial charge on any atom is 0.407 e. The molecule has 0 atom stereocenters. The molecule has 0 unspecified atom stereocenters. The van der Waals surface area contributed by atoms with Crippen molar-refractivity contribution < 1.29 is 18.1 Å². The summed E-state index contributed by atoms with van der Waals surface area (Å²) in [6.45, 7) is -1.23. The molecule has 0 radical (unpaired) electrons. The van der Waals surface area contributed by atoms with Gasteiger partial charge in [-0.1, -0.05) is 0 Å². The van der Waals surface area contributed by atoms with Crippen molar-refractivity contribution in [3.05, 3.63) is 39.9 Å². The molecule has 0 bridgehead atoms. The van der Waals surface area contributed by atoms with Gasteiger partial charge in [0.2, 0.25) is 0 Å². The van der Waals surface area contributed by atoms with Gasteiger partial charge in [0.1, 0.15) is 6.54 Å². The number of non-ortho nitro benzene ring substituents is 1. The Morgan fingerprint density at radius 1 is 1.35 bits per heavy atom. The minimum Gasteiger partial charge on any atom is -0.301 e. The van der Waals surface area contributed by atoms with E-state index in [9.17, 15) is 23.3 Å². The Morgan fingerprint density at radius 3 is 2.41 bits per heavy atom. The Bertz CT molecular complexity index is 414. The maximum atomic E-state index is 11.7. The highest BCUT2D eigenvalue weighted by atomic mass is 19.4. The molecule has 0 aliphatic heterocycles. The highest BCUT2D eigenvalue weighted by molar-refractivity contribution is 5.79. The first-order valence-electron chi connectivity index (χ1n) is 4.45. The highest BCUT2D eigenvalue weighted by Crippen LogP contribution is 2.12. The molecule has 0 saturated carbocycles. The maximum absolute atomic E-state index is 11.7. The largest absolute Gasteiger partial charge is 0.407 e. The van der Waals surface area contributed by atoms with Crippen LogP contribution in [0.2, 0.25) is 0 Å². The van der Waals surface area contributed by atoms with Crippen LogP contribution in [0.1, 0.15) is 5.56 Å². The van der Waals surface area contributed by atoms with Crippen LogP contribution < -0.4 is 5.43 Å². The molecule has 1 rings (SSSR count). The number of nitrogens with one attached hydrogen (secondary N) is 1. The fraction of sp³-hybridized carbons (Fsp3) is 0.222. The number of halogens is 3. The lowest BCUT2D eigenvalue weighted by Gasteiger charge is -2.03. The number of hydrogen-bond acceptors (Lipinski definition) is 4. The van der Waals surface area contributed by atoms with Crippen LogP contribution in [0.15, 0.2) is 29.4 Å². The molecule has 0 saturated heterocycles. The number of hydrogen-bond donors (Lipinski definition) is 1. The van der Waals surface area contributed by atoms with Gasteiger partial charge in [0, 0.05) is 12.1 Å². The van der Waals surface area contributed by atoms with Crippen LogP contribution in [0, 0.1) is 10.1 Å². The van der Waals surface area contributed by atoms with Gasteiger partial charge in [0.25, 0.3) is 5.69 Å². The smallest absolute Gasteiger partial charge is 0.301 e. The van der Waals surface area contributed by atoms with Crippen molar-refractivity contribution >= 4 is 11.9 Å². The fourth-order valence-corrected chi connectivity index (χ4v) is 0.938. The van der Waals surface area contributed by atoms with Gasteiger partial charge < -0.3 is 5.43 Å². The SMILES string of the molecule is O=[N+]([O-])c1ccc(C=NNCC(F)(F)F)cc1. The molecule has 1 N–H and O–H groups in total. The average molecular weight is 247 g/mol. The molecular formula is C9H8F3N3O2. The highest BCUT2D eigenvalue weighted by Gasteiger charge is 2.26. The molecule has 0 heterocycles. The van der Waals surface area contributed by atoms with E-state index in [-0.39, 0.29) is 5.69 Å². The van der Waals surface area contributed by atoms with Gasteiger partial charge in [0.15, 0.2) is 0 Å². The second kappa shape index (κ2) is 5.28. The summed E-state index contributed by atoms with van der Waals surface area (Å²) in [5.41, 5.74) is 2.19. The van der Waals surface area contributed by atoms with E-state index in [0.717, 1.165) is 6.21 Å². The van der Waals surface area contributed by atoms with Crippen molar-refractivity contribution in [3.63, 3.8) is 0 Å². The molecule has 1 aromatic carbocycles. The molecule has 5 nitrogen and oxygen atoms in total. The third kappa shape index (κ3) is 4.96. The van der Waals surface area contributed by atoms with E-state index < -0.39 is 17.6 Å². The quantitative estimate of drug-likeness (QED) is 0.503. The monoisotopic (exact) mass is 247 g/mol. The summed E-state index contributed by atoms with van der Waals surface area (Å²) in [7, 11) is 0. The molecule has 0 spiro atoms. The number of nitrogens with zero attached hydrogens (tertiary/aromatic N) is 2. The first-order chi connectivity index (χ1) is 7.88. The number of nitro groups is 1. The van der Waals surface area contributed by atoms with Crippen molar-refractivity contribution in [1.29, 1.82) is 0 Å². The average Bonchev–Trinajstić information content (AvgIpc) is 2.24. The summed E-state index contributed by atoms with van der Waals surface area (Å²) in [5, 5.41) is 13.7. The van der Waals surface area contributed by atoms with Crippen LogP contribution in [0.3, 0.4) is 0 Å². The van der Waals surface area contributed by atoms with E-state index in [4.69, 9.17) is 0 Å². The predicted molar refractivity (Wildman–Crippen MR) is 54.7 cm³/mol. The minimum atomic E-state index is -4.33. The number of hydrazone groups is 1. The van der Waals surface area contributed by atoms with E-state index in [1.807, 2.05) is 5.43 Å². The Hall–Kier alpha value is -2.12. The molecule has 0 fully saturated rings. The van der Waals surface area contributed by atoms with Gasteiger partial charge in [0.05, 0.1) is 11.1 Å². The Morgan fingerprint density at radius 2 is 1.94 bits per heavy atom. The molecule has 0 aliphatic rings. The molecule has 0 amide bonds. The van der Waals surface area contributed by atoms with Gasteiger partial charge in [-0.15, -0.1) is 0 Å². The minimum absolute atomic E-state index is 0.0922. The lowest BCUT2D eigenvalue weighted by atomic mass is 10.2. The van der Waals surface area contributed by atoms with Crippen molar-refractivity contribution in [2.75, 3.05) is 6.54 Å². The van der Waals surface area contributed by atoms with E-state index in [1.165, 1.54) is 24.3 Å². The lowest BCUT2D eigenvalue weighted by molar-refractivity contribution is -0.384. The summed E-state index contributed by atoms with van der Waals surface area (Å²) >= 11 is 0. The summed E-state index contributed by atoms with van der Waals surface area (Å²) in [5.74, 6) is 0. The van der Waals surface area contributed by atoms with Gasteiger partial charge in [-0.3, -0.25) is 10.1 Å². The summed E-state index contributed by atoms with van der Waals surface area (Å²) in [6.07, 6.45) is -3.18. The van der Waals surface area contributed by atoms with Gasteiger partial charge in [-0.25, -0.2) is 0 Å². The van der Waals surface area contributed by atoms with E-state index in [2.05, 4.69) is 5.10 Å². The zero-order valence-corrected chi connectivity index (χ0v) is 8.44. The lowest BCUT2D eigenvalue weighted by Crippen LogP contribution is -2.24. The Kier molecular flexibility index (Phi) is 4.02. The topological polar surface area (TPSA) is 67.5 Å². The number of alkyl halides is 3. The van der Waals surface area contributed by atoms with E-state index in [1.54, 1.807) is 0 Å². The zero-order valence-electron chi connectivity index (χ0n) is 8.44. The fourth-order valence-electron chi connectivity index (χ4n) is 0.938. The standard InChI is InChI=1S/C9H8F3N3O2/c10-9(11,12)6-14-13-5-7-1-3-8(4-2-7)15(16)17/h1-5,14H,6H2. The molecule has 1 aromatic rings. The molecule has 0 aromatic heterocycles. The van der Waals surface area contributed by atoms with Gasteiger partial charge in [-0.05, 0) is 17.7 Å². The first-order valence-corrected chi connectivity index (χ1v) is 4.45. The number of benzene rings is 1. The third-order valence-corrected chi connectivity index (χ3v) is 1.69. The predicted octanol–water partition coefficient (Wildman–Crippen LogP) is 2.08. The normalized spacial score (nSPS) is 11.7. The van der Waals surface area contributed by atoms with Crippen LogP contribution in [0.4, 0.5) is 18.9 Å². The molecule has 8 heteroatoms. The van der Waals surface area contributed by atoms with Crippen LogP contribution >= 0.6 is 0 Å². The summed E-state index contributed by atoms with van der Waals surface area (Å²) in [6, 6.07) is 5.25. The molecule has 92 valence electrons. The molecular weight excluding hydrogens is 239 g/mol. The van der Waals surface area contributed by atoms with Crippen LogP contribution in [-0.4, -0.2) is 23.9 Å². The number of rotatable bonds is 4. The molecule has 0 aliphatic carbocycles. The van der Waals surface area contributed by atoms with E-state index in [0.29, 0.717) is 5.56 Å². The van der Waals surface area contributed by atoms with Crippen molar-refractivity contribution in [3.8, 4) is 0 Å². The molecule has 17 heavy (non-hydrogen) atoms. The van der Waals surface area contributed by atoms with Crippen LogP contribution in [0.25, 0.3) is 0 Å². The third-order valence-electron chi connectivity index (χ3n) is 1.69. The second-order valence-corrected chi connectivity index (χ2v) is 3.06. The Balaban J connectivity index is 2.52. The van der Waals surface area contributed by atoms with Crippen molar-refractivity contribution in [1.82, 2.24) is 5.43 Å². The van der Waals surface area contributed by atoms with Gasteiger partial charge >= 0.3 is 6.18 Å². The van der Waals surface area contributed by atoms with Crippen molar-refractivity contribution in [2.24, 2.45) is 5.10 Å². The second-order valence-electron chi connectivity index (χ2n) is 3.06. The van der Waals surface area contributed by atoms with Gasteiger partial charge in [-0.2, -0.15) is 18.3 Å². The first kappa shape index (κ1) is 12.9. The zero-order chi connectivity index (χ0) is 12.9. The van der Waals surface area contributed by atoms with Crippen LogP contribution in [0.5, 0.6) is 0 Å². The summed E-state index contributed by atoms with van der Waals surface area (Å²) < 4.78 is 35.1. The summed E-state index contributed by atoms with van der Waals surface area (Å²) in [4.78, 5) is 9.75. The van der Waals surface area contributed by atoms with Crippen LogP contribution in [-0.2, 0) is 0 Å². The van der Waals surface area contributed by atoms with E-state index >= 15 is 0 Å². The number of nitro benzene ring substituents is 1. The van der Waals surface area contributed by atoms with Crippen molar-refractivity contribution in [2.45, 2.75) is 6.18 Å². The Labute approximate surface area is 94.1 Å².